The molecule has 3 rings (SSSR count). The second-order valence-corrected chi connectivity index (χ2v) is 5.68. The van der Waals surface area contributed by atoms with E-state index in [4.69, 9.17) is 4.74 Å². The largest absolute Gasteiger partial charge is 0.367 e. The van der Waals surface area contributed by atoms with Gasteiger partial charge in [0.2, 0.25) is 0 Å². The van der Waals surface area contributed by atoms with Crippen molar-refractivity contribution in [1.82, 2.24) is 4.90 Å². The van der Waals surface area contributed by atoms with Crippen LogP contribution in [0.5, 0.6) is 0 Å². The first kappa shape index (κ1) is 12.8. The molecule has 0 bridgehead atoms. The quantitative estimate of drug-likeness (QED) is 0.807. The molecule has 19 heavy (non-hydrogen) atoms. The predicted molar refractivity (Wildman–Crippen MR) is 78.0 cm³/mol. The Kier molecular flexibility index (Phi) is 3.64. The Labute approximate surface area is 116 Å². The van der Waals surface area contributed by atoms with E-state index >= 15 is 0 Å². The molecule has 0 radical (unpaired) electrons. The van der Waals surface area contributed by atoms with Crippen molar-refractivity contribution in [3.05, 3.63) is 35.2 Å². The lowest BCUT2D eigenvalue weighted by atomic mass is 10.0. The van der Waals surface area contributed by atoms with Crippen LogP contribution >= 0.6 is 11.3 Å². The highest BCUT2D eigenvalue weighted by Crippen LogP contribution is 2.26. The van der Waals surface area contributed by atoms with Crippen LogP contribution in [-0.2, 0) is 4.74 Å². The standard InChI is InChI=1S/C15H17NO2S/c1-2-16-7-8-18-13(10-16)14(17)12-5-3-4-11-6-9-19-15(11)12/h3-6,9,13H,2,7-8,10H2,1H3. The summed E-state index contributed by atoms with van der Waals surface area (Å²) in [6, 6.07) is 7.96. The molecule has 0 saturated carbocycles. The summed E-state index contributed by atoms with van der Waals surface area (Å²) in [5.74, 6) is 0.117. The number of ketones is 1. The maximum atomic E-state index is 12.6. The number of carbonyl (C=O) groups excluding carboxylic acids is 1. The first-order valence-electron chi connectivity index (χ1n) is 6.64. The number of morpholine rings is 1. The van der Waals surface area contributed by atoms with Gasteiger partial charge in [-0.05, 0) is 29.4 Å². The Morgan fingerprint density at radius 2 is 2.37 bits per heavy atom. The number of benzene rings is 1. The molecule has 1 fully saturated rings. The molecule has 2 aromatic rings. The van der Waals surface area contributed by atoms with Crippen LogP contribution in [0.25, 0.3) is 10.1 Å². The summed E-state index contributed by atoms with van der Waals surface area (Å²) in [4.78, 5) is 14.9. The molecule has 1 unspecified atom stereocenters. The van der Waals surface area contributed by atoms with Crippen molar-refractivity contribution in [2.24, 2.45) is 0 Å². The normalized spacial score (nSPS) is 20.8. The second-order valence-electron chi connectivity index (χ2n) is 4.76. The molecule has 1 aromatic carbocycles. The third-order valence-electron chi connectivity index (χ3n) is 3.63. The van der Waals surface area contributed by atoms with Gasteiger partial charge in [-0.1, -0.05) is 19.1 Å². The molecule has 1 saturated heterocycles. The third-order valence-corrected chi connectivity index (χ3v) is 4.60. The fraction of sp³-hybridized carbons (Fsp3) is 0.400. The number of fused-ring (bicyclic) bond motifs is 1. The molecule has 1 aliphatic rings. The number of hydrogen-bond donors (Lipinski definition) is 0. The van der Waals surface area contributed by atoms with Crippen molar-refractivity contribution in [2.75, 3.05) is 26.2 Å². The fourth-order valence-corrected chi connectivity index (χ4v) is 3.43. The van der Waals surface area contributed by atoms with Gasteiger partial charge in [-0.3, -0.25) is 9.69 Å². The zero-order chi connectivity index (χ0) is 13.2. The number of carbonyl (C=O) groups is 1. The highest BCUT2D eigenvalue weighted by Gasteiger charge is 2.27. The predicted octanol–water partition coefficient (Wildman–Crippen LogP) is 2.80. The molecular formula is C15H17NO2S. The van der Waals surface area contributed by atoms with E-state index in [1.807, 2.05) is 23.6 Å². The number of ether oxygens (including phenoxy) is 1. The van der Waals surface area contributed by atoms with E-state index in [0.717, 1.165) is 28.7 Å². The van der Waals surface area contributed by atoms with Crippen molar-refractivity contribution in [2.45, 2.75) is 13.0 Å². The number of nitrogens with zero attached hydrogens (tertiary/aromatic N) is 1. The molecule has 1 aromatic heterocycles. The van der Waals surface area contributed by atoms with E-state index in [9.17, 15) is 4.79 Å². The Hall–Kier alpha value is -1.23. The van der Waals surface area contributed by atoms with Crippen molar-refractivity contribution >= 4 is 27.2 Å². The zero-order valence-corrected chi connectivity index (χ0v) is 11.8. The molecular weight excluding hydrogens is 258 g/mol. The average Bonchev–Trinajstić information content (AvgIpc) is 2.95. The van der Waals surface area contributed by atoms with Crippen LogP contribution in [-0.4, -0.2) is 43.0 Å². The summed E-state index contributed by atoms with van der Waals surface area (Å²) in [5.41, 5.74) is 0.801. The summed E-state index contributed by atoms with van der Waals surface area (Å²) in [6.07, 6.45) is -0.318. The van der Waals surface area contributed by atoms with Crippen LogP contribution < -0.4 is 0 Å². The molecule has 0 aliphatic carbocycles. The Morgan fingerprint density at radius 3 is 3.21 bits per heavy atom. The Balaban J connectivity index is 1.89. The van der Waals surface area contributed by atoms with Gasteiger partial charge < -0.3 is 4.74 Å². The van der Waals surface area contributed by atoms with Crippen molar-refractivity contribution in [3.8, 4) is 0 Å². The lowest BCUT2D eigenvalue weighted by Gasteiger charge is -2.31. The molecule has 1 aliphatic heterocycles. The van der Waals surface area contributed by atoms with Crippen LogP contribution in [0.15, 0.2) is 29.6 Å². The molecule has 4 heteroatoms. The van der Waals surface area contributed by atoms with E-state index in [1.165, 1.54) is 0 Å². The SMILES string of the molecule is CCN1CCOC(C(=O)c2cccc3ccsc23)C1. The van der Waals surface area contributed by atoms with E-state index in [-0.39, 0.29) is 11.9 Å². The smallest absolute Gasteiger partial charge is 0.194 e. The summed E-state index contributed by atoms with van der Waals surface area (Å²) in [7, 11) is 0. The summed E-state index contributed by atoms with van der Waals surface area (Å²) >= 11 is 1.62. The molecule has 0 spiro atoms. The van der Waals surface area contributed by atoms with Gasteiger partial charge in [0.05, 0.1) is 6.61 Å². The van der Waals surface area contributed by atoms with Gasteiger partial charge >= 0.3 is 0 Å². The van der Waals surface area contributed by atoms with Gasteiger partial charge in [-0.15, -0.1) is 11.3 Å². The third kappa shape index (κ3) is 2.43. The summed E-state index contributed by atoms with van der Waals surface area (Å²) < 4.78 is 6.74. The summed E-state index contributed by atoms with van der Waals surface area (Å²) in [5, 5.41) is 3.17. The van der Waals surface area contributed by atoms with Crippen LogP contribution in [0, 0.1) is 0 Å². The fourth-order valence-electron chi connectivity index (χ4n) is 2.51. The number of Topliss-reactive ketones (excluding diaryl/α,β-unsaturated/α-hetero) is 1. The highest BCUT2D eigenvalue weighted by molar-refractivity contribution is 7.17. The van der Waals surface area contributed by atoms with Gasteiger partial charge in [0.15, 0.2) is 5.78 Å². The van der Waals surface area contributed by atoms with Gasteiger partial charge in [0, 0.05) is 23.4 Å². The monoisotopic (exact) mass is 275 g/mol. The Bertz CT molecular complexity index is 593. The Morgan fingerprint density at radius 1 is 1.47 bits per heavy atom. The van der Waals surface area contributed by atoms with Crippen molar-refractivity contribution in [1.29, 1.82) is 0 Å². The van der Waals surface area contributed by atoms with Crippen LogP contribution in [0.4, 0.5) is 0 Å². The number of thiophene rings is 1. The highest BCUT2D eigenvalue weighted by atomic mass is 32.1. The van der Waals surface area contributed by atoms with Gasteiger partial charge in [0.25, 0.3) is 0 Å². The van der Waals surface area contributed by atoms with Crippen LogP contribution in [0.2, 0.25) is 0 Å². The summed E-state index contributed by atoms with van der Waals surface area (Å²) in [6.45, 7) is 5.36. The van der Waals surface area contributed by atoms with Gasteiger partial charge in [-0.25, -0.2) is 0 Å². The van der Waals surface area contributed by atoms with E-state index in [0.29, 0.717) is 13.2 Å². The number of hydrogen-bond acceptors (Lipinski definition) is 4. The first-order valence-corrected chi connectivity index (χ1v) is 7.52. The first-order chi connectivity index (χ1) is 9.29. The van der Waals surface area contributed by atoms with Gasteiger partial charge in [-0.2, -0.15) is 0 Å². The second kappa shape index (κ2) is 5.41. The number of likely N-dealkylation sites (N-methyl/N-ethyl adjacent to an activating group) is 1. The minimum Gasteiger partial charge on any atom is -0.367 e. The molecule has 3 nitrogen and oxygen atoms in total. The van der Waals surface area contributed by atoms with Crippen LogP contribution in [0.3, 0.4) is 0 Å². The van der Waals surface area contributed by atoms with Gasteiger partial charge in [0.1, 0.15) is 6.10 Å². The minimum absolute atomic E-state index is 0.117. The minimum atomic E-state index is -0.318. The lowest BCUT2D eigenvalue weighted by molar-refractivity contribution is -0.0147. The van der Waals surface area contributed by atoms with E-state index in [1.54, 1.807) is 11.3 Å². The topological polar surface area (TPSA) is 29.5 Å². The maximum Gasteiger partial charge on any atom is 0.194 e. The number of rotatable bonds is 3. The average molecular weight is 275 g/mol. The van der Waals surface area contributed by atoms with Crippen LogP contribution in [0.1, 0.15) is 17.3 Å². The molecule has 0 amide bonds. The maximum absolute atomic E-state index is 12.6. The molecule has 0 N–H and O–H groups in total. The van der Waals surface area contributed by atoms with Crippen molar-refractivity contribution < 1.29 is 9.53 Å². The van der Waals surface area contributed by atoms with E-state index in [2.05, 4.69) is 17.9 Å². The molecule has 1 atom stereocenters. The molecule has 100 valence electrons. The van der Waals surface area contributed by atoms with Crippen molar-refractivity contribution in [3.63, 3.8) is 0 Å². The zero-order valence-electron chi connectivity index (χ0n) is 11.0. The molecule has 2 heterocycles. The van der Waals surface area contributed by atoms with E-state index < -0.39 is 0 Å². The lowest BCUT2D eigenvalue weighted by Crippen LogP contribution is -2.45.